The van der Waals surface area contributed by atoms with Crippen molar-refractivity contribution >= 4 is 22.7 Å². The predicted octanol–water partition coefficient (Wildman–Crippen LogP) is 4.03. The number of likely N-dealkylation sites (tertiary alicyclic amines) is 1. The van der Waals surface area contributed by atoms with E-state index in [1.807, 2.05) is 41.3 Å². The Balaban J connectivity index is 1.08. The van der Waals surface area contributed by atoms with Gasteiger partial charge in [0.25, 0.3) is 11.8 Å². The van der Waals surface area contributed by atoms with Gasteiger partial charge >= 0.3 is 0 Å². The van der Waals surface area contributed by atoms with E-state index in [-0.39, 0.29) is 29.0 Å². The van der Waals surface area contributed by atoms with Gasteiger partial charge in [0, 0.05) is 36.0 Å². The van der Waals surface area contributed by atoms with Crippen LogP contribution in [0.1, 0.15) is 46.7 Å². The van der Waals surface area contributed by atoms with Crippen molar-refractivity contribution in [2.75, 3.05) is 13.1 Å². The fraction of sp³-hybridized carbons (Fsp3) is 0.308. The van der Waals surface area contributed by atoms with Gasteiger partial charge in [0.2, 0.25) is 5.76 Å². The number of benzene rings is 2. The molecule has 1 aliphatic carbocycles. The molecule has 6 rings (SSSR count). The first-order valence-corrected chi connectivity index (χ1v) is 11.6. The lowest BCUT2D eigenvalue weighted by Gasteiger charge is -2.53. The topological polar surface area (TPSA) is 104 Å². The summed E-state index contributed by atoms with van der Waals surface area (Å²) in [5.74, 6) is -0.00222. The first kappa shape index (κ1) is 20.7. The molecule has 8 nitrogen and oxygen atoms in total. The summed E-state index contributed by atoms with van der Waals surface area (Å²) in [6, 6.07) is 17.9. The van der Waals surface area contributed by atoms with Crippen LogP contribution < -0.4 is 5.32 Å². The summed E-state index contributed by atoms with van der Waals surface area (Å²) in [4.78, 5) is 27.3. The molecule has 2 fully saturated rings. The molecule has 1 aliphatic heterocycles. The third-order valence-corrected chi connectivity index (χ3v) is 7.26. The molecule has 8 heteroatoms. The van der Waals surface area contributed by atoms with Gasteiger partial charge in [0.1, 0.15) is 0 Å². The molecule has 2 aliphatic rings. The van der Waals surface area contributed by atoms with E-state index in [0.29, 0.717) is 5.69 Å². The summed E-state index contributed by atoms with van der Waals surface area (Å²) in [7, 11) is 0. The van der Waals surface area contributed by atoms with Crippen LogP contribution in [0.15, 0.2) is 65.3 Å². The molecule has 172 valence electrons. The Hall–Kier alpha value is -3.94. The number of carbonyl (C=O) groups excluding carboxylic acids is 2. The van der Waals surface area contributed by atoms with Crippen molar-refractivity contribution in [2.24, 2.45) is 5.41 Å². The van der Waals surface area contributed by atoms with Crippen molar-refractivity contribution in [2.45, 2.75) is 31.7 Å². The Morgan fingerprint density at radius 3 is 2.56 bits per heavy atom. The van der Waals surface area contributed by atoms with Crippen molar-refractivity contribution < 1.29 is 14.1 Å². The van der Waals surface area contributed by atoms with Crippen molar-refractivity contribution in [3.05, 3.63) is 72.2 Å². The molecule has 34 heavy (non-hydrogen) atoms. The van der Waals surface area contributed by atoms with Crippen molar-refractivity contribution in [1.82, 2.24) is 25.6 Å². The number of carbonyl (C=O) groups is 2. The molecule has 2 aromatic carbocycles. The molecule has 0 unspecified atom stereocenters. The van der Waals surface area contributed by atoms with E-state index < -0.39 is 0 Å². The summed E-state index contributed by atoms with van der Waals surface area (Å²) in [6.07, 6.45) is 5.24. The van der Waals surface area contributed by atoms with Gasteiger partial charge < -0.3 is 14.7 Å². The zero-order valence-electron chi connectivity index (χ0n) is 18.7. The maximum atomic E-state index is 13.2. The predicted molar refractivity (Wildman–Crippen MR) is 126 cm³/mol. The fourth-order valence-electron chi connectivity index (χ4n) is 5.33. The lowest BCUT2D eigenvalue weighted by atomic mass is 9.67. The monoisotopic (exact) mass is 455 g/mol. The van der Waals surface area contributed by atoms with Gasteiger partial charge in [-0.3, -0.25) is 14.7 Å². The van der Waals surface area contributed by atoms with Gasteiger partial charge in [0.05, 0.1) is 11.7 Å². The second-order valence-corrected chi connectivity index (χ2v) is 9.48. The Labute approximate surface area is 196 Å². The highest BCUT2D eigenvalue weighted by atomic mass is 16.5. The number of hydrogen-bond acceptors (Lipinski definition) is 5. The van der Waals surface area contributed by atoms with E-state index >= 15 is 0 Å². The Morgan fingerprint density at radius 1 is 1.03 bits per heavy atom. The number of hydrogen-bond donors (Lipinski definition) is 2. The van der Waals surface area contributed by atoms with E-state index in [2.05, 4.69) is 32.8 Å². The minimum atomic E-state index is -0.218. The van der Waals surface area contributed by atoms with Gasteiger partial charge in [0.15, 0.2) is 5.69 Å². The van der Waals surface area contributed by atoms with Crippen LogP contribution in [-0.2, 0) is 0 Å². The van der Waals surface area contributed by atoms with E-state index in [4.69, 9.17) is 4.52 Å². The highest BCUT2D eigenvalue weighted by Gasteiger charge is 2.47. The quantitative estimate of drug-likeness (QED) is 0.483. The molecular weight excluding hydrogens is 430 g/mol. The lowest BCUT2D eigenvalue weighted by Crippen LogP contribution is -2.60. The van der Waals surface area contributed by atoms with Gasteiger partial charge in [-0.05, 0) is 48.9 Å². The zero-order chi connectivity index (χ0) is 23.1. The van der Waals surface area contributed by atoms with Crippen LogP contribution in [0, 0.1) is 5.41 Å². The Morgan fingerprint density at radius 2 is 1.82 bits per heavy atom. The number of nitrogens with zero attached hydrogens (tertiary/aromatic N) is 3. The molecule has 0 atom stereocenters. The molecule has 3 heterocycles. The molecule has 0 bridgehead atoms. The van der Waals surface area contributed by atoms with E-state index in [1.165, 1.54) is 6.20 Å². The van der Waals surface area contributed by atoms with Crippen LogP contribution in [-0.4, -0.2) is 51.2 Å². The molecule has 1 saturated carbocycles. The standard InChI is InChI=1S/C26H25N5O3/c32-24(22-10-13-27-34-22)28-19-8-11-26(12-9-19)15-31(16-26)25(33)23-20-7-6-18(14-21(20)29-30-23)17-4-2-1-3-5-17/h1-7,10,13-14,19H,8-9,11-12,15-16H2,(H,28,32)(H,29,30). The number of fused-ring (bicyclic) bond motifs is 1. The van der Waals surface area contributed by atoms with Crippen molar-refractivity contribution in [3.8, 4) is 11.1 Å². The summed E-state index contributed by atoms with van der Waals surface area (Å²) in [5.41, 5.74) is 3.71. The summed E-state index contributed by atoms with van der Waals surface area (Å²) in [5, 5.41) is 14.9. The molecule has 4 aromatic rings. The first-order valence-electron chi connectivity index (χ1n) is 11.6. The summed E-state index contributed by atoms with van der Waals surface area (Å²) >= 11 is 0. The largest absolute Gasteiger partial charge is 0.351 e. The molecule has 1 saturated heterocycles. The number of aromatic nitrogens is 3. The lowest BCUT2D eigenvalue weighted by molar-refractivity contribution is -0.0201. The van der Waals surface area contributed by atoms with Crippen LogP contribution in [0.3, 0.4) is 0 Å². The molecule has 1 spiro atoms. The molecule has 2 N–H and O–H groups in total. The van der Waals surface area contributed by atoms with Gasteiger partial charge in [-0.15, -0.1) is 0 Å². The zero-order valence-corrected chi connectivity index (χ0v) is 18.7. The molecule has 2 aromatic heterocycles. The highest BCUT2D eigenvalue weighted by molar-refractivity contribution is 6.05. The third-order valence-electron chi connectivity index (χ3n) is 7.26. The maximum Gasteiger partial charge on any atom is 0.290 e. The number of nitrogens with one attached hydrogen (secondary N) is 2. The van der Waals surface area contributed by atoms with Gasteiger partial charge in [-0.2, -0.15) is 5.10 Å². The van der Waals surface area contributed by atoms with Crippen LogP contribution in [0.25, 0.3) is 22.0 Å². The number of amides is 2. The van der Waals surface area contributed by atoms with Crippen LogP contribution in [0.2, 0.25) is 0 Å². The minimum absolute atomic E-state index is 0.0231. The minimum Gasteiger partial charge on any atom is -0.351 e. The van der Waals surface area contributed by atoms with Crippen LogP contribution in [0.4, 0.5) is 0 Å². The van der Waals surface area contributed by atoms with E-state index in [0.717, 1.165) is 60.8 Å². The molecule has 2 amide bonds. The van der Waals surface area contributed by atoms with E-state index in [9.17, 15) is 9.59 Å². The maximum absolute atomic E-state index is 13.2. The smallest absolute Gasteiger partial charge is 0.290 e. The van der Waals surface area contributed by atoms with Crippen molar-refractivity contribution in [1.29, 1.82) is 0 Å². The average molecular weight is 456 g/mol. The van der Waals surface area contributed by atoms with E-state index in [1.54, 1.807) is 6.07 Å². The number of H-pyrrole nitrogens is 1. The number of aromatic amines is 1. The Kier molecular flexibility index (Phi) is 4.94. The fourth-order valence-corrected chi connectivity index (χ4v) is 5.33. The summed E-state index contributed by atoms with van der Waals surface area (Å²) in [6.45, 7) is 1.48. The first-order chi connectivity index (χ1) is 16.6. The van der Waals surface area contributed by atoms with Crippen LogP contribution in [0.5, 0.6) is 0 Å². The molecule has 0 radical (unpaired) electrons. The Bertz CT molecular complexity index is 1330. The van der Waals surface area contributed by atoms with Gasteiger partial charge in [-0.1, -0.05) is 41.6 Å². The second-order valence-electron chi connectivity index (χ2n) is 9.48. The molecular formula is C26H25N5O3. The number of rotatable bonds is 4. The summed E-state index contributed by atoms with van der Waals surface area (Å²) < 4.78 is 4.93. The highest BCUT2D eigenvalue weighted by Crippen LogP contribution is 2.44. The third kappa shape index (κ3) is 3.65. The van der Waals surface area contributed by atoms with Gasteiger partial charge in [-0.25, -0.2) is 0 Å². The van der Waals surface area contributed by atoms with Crippen molar-refractivity contribution in [3.63, 3.8) is 0 Å². The SMILES string of the molecule is O=C(NC1CCC2(CC1)CN(C(=O)c1n[nH]c3cc(-c4ccccc4)ccc13)C2)c1ccno1. The van der Waals surface area contributed by atoms with Crippen LogP contribution >= 0.6 is 0 Å². The normalized spacial score (nSPS) is 17.6. The average Bonchev–Trinajstić information content (AvgIpc) is 3.53. The second kappa shape index (κ2) is 8.13.